The summed E-state index contributed by atoms with van der Waals surface area (Å²) in [5, 5.41) is 21.3. The highest BCUT2D eigenvalue weighted by Gasteiger charge is 2.50. The van der Waals surface area contributed by atoms with Gasteiger partial charge in [0, 0.05) is 13.1 Å². The maximum atomic E-state index is 13.4. The van der Waals surface area contributed by atoms with Crippen molar-refractivity contribution >= 4 is 28.7 Å². The predicted octanol–water partition coefficient (Wildman–Crippen LogP) is 2.95. The fourth-order valence-corrected chi connectivity index (χ4v) is 11.0. The molecular weight excluding hydrogens is 571 g/mol. The monoisotopic (exact) mass is 615 g/mol. The number of aryl methyl sites for hydroxylation is 1. The van der Waals surface area contributed by atoms with Crippen LogP contribution in [0.4, 0.5) is 0 Å². The highest BCUT2D eigenvalue weighted by molar-refractivity contribution is 7.89. The molecule has 3 rings (SSSR count). The zero-order valence-corrected chi connectivity index (χ0v) is 26.9. The van der Waals surface area contributed by atoms with Crippen LogP contribution in [0.2, 0.25) is 5.04 Å². The van der Waals surface area contributed by atoms with Gasteiger partial charge in [-0.3, -0.25) is 0 Å². The lowest BCUT2D eigenvalue weighted by Crippen LogP contribution is -2.67. The van der Waals surface area contributed by atoms with E-state index in [1.54, 1.807) is 24.3 Å². The SMILES string of the molecule is Cc1ccc(S(=O)(=O)N(CCOCCO)CCO[C@@H](CO)CO[Si](c2ccccc2)(c2ccccc2)C(C)(C)C)cc1. The van der Waals surface area contributed by atoms with Crippen molar-refractivity contribution < 1.29 is 32.5 Å². The number of sulfonamides is 1. The first-order valence-electron chi connectivity index (χ1n) is 14.3. The van der Waals surface area contributed by atoms with E-state index in [0.29, 0.717) is 0 Å². The molecule has 42 heavy (non-hydrogen) atoms. The van der Waals surface area contributed by atoms with Gasteiger partial charge in [0.1, 0.15) is 6.10 Å². The van der Waals surface area contributed by atoms with Crippen LogP contribution in [0, 0.1) is 6.92 Å². The van der Waals surface area contributed by atoms with Crippen LogP contribution in [0.3, 0.4) is 0 Å². The van der Waals surface area contributed by atoms with E-state index < -0.39 is 24.4 Å². The van der Waals surface area contributed by atoms with Crippen LogP contribution >= 0.6 is 0 Å². The summed E-state index contributed by atoms with van der Waals surface area (Å²) in [5.41, 5.74) is 0.960. The van der Waals surface area contributed by atoms with Gasteiger partial charge in [-0.2, -0.15) is 4.31 Å². The standard InChI is InChI=1S/C32H45NO7SSi/c1-27-15-17-29(18-16-27)41(36,37)33(19-22-38-24-21-34)20-23-39-28(25-35)26-40-42(32(2,3)4,30-11-7-5-8-12-30)31-13-9-6-10-14-31/h5-18,28,34-35H,19-26H2,1-4H3/t28-/m0/s1. The maximum Gasteiger partial charge on any atom is 0.261 e. The quantitative estimate of drug-likeness (QED) is 0.178. The maximum absolute atomic E-state index is 13.4. The Bertz CT molecular complexity index is 1260. The average molecular weight is 616 g/mol. The van der Waals surface area contributed by atoms with Crippen molar-refractivity contribution in [1.82, 2.24) is 4.31 Å². The summed E-state index contributed by atoms with van der Waals surface area (Å²) in [6, 6.07) is 27.1. The molecule has 1 atom stereocenters. The lowest BCUT2D eigenvalue weighted by molar-refractivity contribution is -0.0192. The number of ether oxygens (including phenoxy) is 2. The largest absolute Gasteiger partial charge is 0.405 e. The Hall–Kier alpha value is -2.41. The first-order valence-corrected chi connectivity index (χ1v) is 17.6. The summed E-state index contributed by atoms with van der Waals surface area (Å²) in [6.45, 7) is 8.65. The second kappa shape index (κ2) is 15.9. The minimum Gasteiger partial charge on any atom is -0.405 e. The molecule has 0 saturated carbocycles. The molecule has 8 nitrogen and oxygen atoms in total. The lowest BCUT2D eigenvalue weighted by Gasteiger charge is -2.43. The lowest BCUT2D eigenvalue weighted by atomic mass is 10.2. The van der Waals surface area contributed by atoms with Crippen molar-refractivity contribution in [3.8, 4) is 0 Å². The molecule has 0 saturated heterocycles. The third-order valence-corrected chi connectivity index (χ3v) is 14.1. The molecule has 230 valence electrons. The Morgan fingerprint density at radius 2 is 1.36 bits per heavy atom. The third-order valence-electron chi connectivity index (χ3n) is 7.18. The number of benzene rings is 3. The zero-order valence-electron chi connectivity index (χ0n) is 25.1. The molecule has 3 aromatic carbocycles. The van der Waals surface area contributed by atoms with E-state index in [1.165, 1.54) is 4.31 Å². The van der Waals surface area contributed by atoms with E-state index in [2.05, 4.69) is 45.0 Å². The molecule has 3 aromatic rings. The van der Waals surface area contributed by atoms with Crippen LogP contribution in [0.1, 0.15) is 26.3 Å². The molecule has 0 radical (unpaired) electrons. The van der Waals surface area contributed by atoms with Crippen molar-refractivity contribution in [2.45, 2.75) is 43.7 Å². The summed E-state index contributed by atoms with van der Waals surface area (Å²) < 4.78 is 46.5. The van der Waals surface area contributed by atoms with Gasteiger partial charge < -0.3 is 24.1 Å². The Morgan fingerprint density at radius 1 is 0.810 bits per heavy atom. The third kappa shape index (κ3) is 8.58. The van der Waals surface area contributed by atoms with E-state index in [-0.39, 0.29) is 62.7 Å². The fraction of sp³-hybridized carbons (Fsp3) is 0.438. The van der Waals surface area contributed by atoms with Crippen molar-refractivity contribution in [1.29, 1.82) is 0 Å². The van der Waals surface area contributed by atoms with Gasteiger partial charge in [0.15, 0.2) is 0 Å². The number of rotatable bonds is 17. The van der Waals surface area contributed by atoms with Crippen LogP contribution in [-0.2, 0) is 23.9 Å². The topological polar surface area (TPSA) is 106 Å². The van der Waals surface area contributed by atoms with Gasteiger partial charge >= 0.3 is 0 Å². The number of aliphatic hydroxyl groups is 2. The van der Waals surface area contributed by atoms with E-state index in [1.807, 2.05) is 43.3 Å². The summed E-state index contributed by atoms with van der Waals surface area (Å²) in [4.78, 5) is 0.184. The Kier molecular flexibility index (Phi) is 12.9. The predicted molar refractivity (Wildman–Crippen MR) is 168 cm³/mol. The van der Waals surface area contributed by atoms with Gasteiger partial charge in [-0.1, -0.05) is 99.1 Å². The fourth-order valence-electron chi connectivity index (χ4n) is 5.00. The summed E-state index contributed by atoms with van der Waals surface area (Å²) in [5.74, 6) is 0. The highest BCUT2D eigenvalue weighted by Crippen LogP contribution is 2.36. The van der Waals surface area contributed by atoms with E-state index in [0.717, 1.165) is 15.9 Å². The van der Waals surface area contributed by atoms with Crippen LogP contribution in [-0.4, -0.2) is 90.1 Å². The van der Waals surface area contributed by atoms with Crippen molar-refractivity contribution in [3.05, 3.63) is 90.5 Å². The molecule has 0 aromatic heterocycles. The summed E-state index contributed by atoms with van der Waals surface area (Å²) in [7, 11) is -6.64. The summed E-state index contributed by atoms with van der Waals surface area (Å²) >= 11 is 0. The first-order chi connectivity index (χ1) is 20.1. The van der Waals surface area contributed by atoms with Crippen molar-refractivity contribution in [2.75, 3.05) is 52.7 Å². The molecule has 0 aliphatic rings. The van der Waals surface area contributed by atoms with Gasteiger partial charge in [-0.15, -0.1) is 0 Å². The molecule has 0 fully saturated rings. The minimum absolute atomic E-state index is 0.0560. The molecule has 2 N–H and O–H groups in total. The normalized spacial score (nSPS) is 13.4. The zero-order chi connectivity index (χ0) is 30.6. The van der Waals surface area contributed by atoms with Gasteiger partial charge in [0.05, 0.1) is 44.5 Å². The van der Waals surface area contributed by atoms with Crippen LogP contribution in [0.25, 0.3) is 0 Å². The Labute approximate surface area is 252 Å². The first kappa shape index (κ1) is 34.1. The molecule has 10 heteroatoms. The second-order valence-electron chi connectivity index (χ2n) is 11.2. The number of nitrogens with zero attached hydrogens (tertiary/aromatic N) is 1. The van der Waals surface area contributed by atoms with Crippen molar-refractivity contribution in [3.63, 3.8) is 0 Å². The molecule has 0 spiro atoms. The number of hydrogen-bond donors (Lipinski definition) is 2. The van der Waals surface area contributed by atoms with E-state index >= 15 is 0 Å². The van der Waals surface area contributed by atoms with E-state index in [9.17, 15) is 13.5 Å². The molecule has 0 heterocycles. The molecule has 0 bridgehead atoms. The van der Waals surface area contributed by atoms with Crippen LogP contribution in [0.5, 0.6) is 0 Å². The molecule has 0 amide bonds. The minimum atomic E-state index is -3.81. The van der Waals surface area contributed by atoms with Crippen LogP contribution < -0.4 is 10.4 Å². The molecule has 0 unspecified atom stereocenters. The van der Waals surface area contributed by atoms with Gasteiger partial charge in [0.2, 0.25) is 10.0 Å². The Balaban J connectivity index is 1.77. The molecule has 0 aliphatic heterocycles. The number of hydrogen-bond acceptors (Lipinski definition) is 7. The van der Waals surface area contributed by atoms with Crippen molar-refractivity contribution in [2.24, 2.45) is 0 Å². The van der Waals surface area contributed by atoms with Crippen LogP contribution in [0.15, 0.2) is 89.8 Å². The van der Waals surface area contributed by atoms with Gasteiger partial charge in [-0.05, 0) is 34.5 Å². The highest BCUT2D eigenvalue weighted by atomic mass is 32.2. The molecule has 0 aliphatic carbocycles. The number of aliphatic hydroxyl groups excluding tert-OH is 2. The van der Waals surface area contributed by atoms with Gasteiger partial charge in [-0.25, -0.2) is 8.42 Å². The summed E-state index contributed by atoms with van der Waals surface area (Å²) in [6.07, 6.45) is -0.652. The average Bonchev–Trinajstić information content (AvgIpc) is 2.98. The Morgan fingerprint density at radius 3 is 1.86 bits per heavy atom. The molecular formula is C32H45NO7SSi. The van der Waals surface area contributed by atoms with Gasteiger partial charge in [0.25, 0.3) is 8.32 Å². The smallest absolute Gasteiger partial charge is 0.261 e. The second-order valence-corrected chi connectivity index (χ2v) is 17.4. The van der Waals surface area contributed by atoms with E-state index in [4.69, 9.17) is 19.0 Å².